The van der Waals surface area contributed by atoms with E-state index in [0.29, 0.717) is 22.9 Å². The number of nitrogens with one attached hydrogen (secondary N) is 2. The summed E-state index contributed by atoms with van der Waals surface area (Å²) in [6, 6.07) is 16.8. The molecule has 158 valence electrons. The molecule has 31 heavy (non-hydrogen) atoms. The Morgan fingerprint density at radius 1 is 0.968 bits per heavy atom. The average Bonchev–Trinajstić information content (AvgIpc) is 2.79. The van der Waals surface area contributed by atoms with Crippen molar-refractivity contribution in [3.63, 3.8) is 0 Å². The number of esters is 1. The molecule has 1 heterocycles. The normalized spacial score (nSPS) is 10.1. The van der Waals surface area contributed by atoms with Gasteiger partial charge in [-0.15, -0.1) is 0 Å². The van der Waals surface area contributed by atoms with Gasteiger partial charge in [0.25, 0.3) is 11.8 Å². The Bertz CT molecular complexity index is 1090. The number of amides is 2. The zero-order valence-corrected chi connectivity index (χ0v) is 18.0. The second kappa shape index (κ2) is 10.4. The van der Waals surface area contributed by atoms with Crippen LogP contribution < -0.4 is 15.4 Å². The highest BCUT2D eigenvalue weighted by atomic mass is 79.9. The Labute approximate surface area is 186 Å². The summed E-state index contributed by atoms with van der Waals surface area (Å²) in [4.78, 5) is 39.9. The van der Waals surface area contributed by atoms with E-state index in [9.17, 15) is 14.4 Å². The number of aromatic nitrogens is 1. The lowest BCUT2D eigenvalue weighted by Crippen LogP contribution is -2.30. The van der Waals surface area contributed by atoms with Gasteiger partial charge in [-0.25, -0.2) is 4.98 Å². The SMILES string of the molecule is COC(=O)CNC(=O)c1cccc(NC(=O)c2ccc(Oc3ccc(Br)cc3)nc2)c1. The molecule has 0 aliphatic heterocycles. The number of methoxy groups -OCH3 is 1. The Kier molecular flexibility index (Phi) is 7.34. The molecule has 2 amide bonds. The second-order valence-electron chi connectivity index (χ2n) is 6.23. The van der Waals surface area contributed by atoms with Crippen molar-refractivity contribution in [3.05, 3.63) is 82.5 Å². The van der Waals surface area contributed by atoms with Gasteiger partial charge in [-0.3, -0.25) is 14.4 Å². The zero-order chi connectivity index (χ0) is 22.2. The highest BCUT2D eigenvalue weighted by molar-refractivity contribution is 9.10. The quantitative estimate of drug-likeness (QED) is 0.495. The third-order valence-corrected chi connectivity index (χ3v) is 4.57. The Hall–Kier alpha value is -3.72. The van der Waals surface area contributed by atoms with Crippen molar-refractivity contribution in [1.82, 2.24) is 10.3 Å². The van der Waals surface area contributed by atoms with Gasteiger partial charge in [0.2, 0.25) is 5.88 Å². The zero-order valence-electron chi connectivity index (χ0n) is 16.4. The highest BCUT2D eigenvalue weighted by Gasteiger charge is 2.11. The van der Waals surface area contributed by atoms with Crippen LogP contribution in [0, 0.1) is 0 Å². The summed E-state index contributed by atoms with van der Waals surface area (Å²) in [5.41, 5.74) is 1.03. The Morgan fingerprint density at radius 3 is 2.42 bits per heavy atom. The number of halogens is 1. The molecule has 0 atom stereocenters. The van der Waals surface area contributed by atoms with E-state index in [-0.39, 0.29) is 12.1 Å². The number of hydrogen-bond acceptors (Lipinski definition) is 6. The van der Waals surface area contributed by atoms with E-state index in [0.717, 1.165) is 4.47 Å². The van der Waals surface area contributed by atoms with Crippen LogP contribution in [-0.2, 0) is 9.53 Å². The number of benzene rings is 2. The molecule has 9 heteroatoms. The molecule has 0 saturated carbocycles. The molecule has 0 radical (unpaired) electrons. The maximum Gasteiger partial charge on any atom is 0.325 e. The smallest absolute Gasteiger partial charge is 0.325 e. The molecule has 0 aliphatic rings. The highest BCUT2D eigenvalue weighted by Crippen LogP contribution is 2.22. The molecule has 8 nitrogen and oxygen atoms in total. The number of anilines is 1. The van der Waals surface area contributed by atoms with Gasteiger partial charge in [0.1, 0.15) is 12.3 Å². The number of rotatable bonds is 7. The van der Waals surface area contributed by atoms with Crippen LogP contribution in [0.3, 0.4) is 0 Å². The average molecular weight is 484 g/mol. The molecular formula is C22H18BrN3O5. The summed E-state index contributed by atoms with van der Waals surface area (Å²) >= 11 is 3.36. The van der Waals surface area contributed by atoms with Crippen LogP contribution >= 0.6 is 15.9 Å². The number of nitrogens with zero attached hydrogens (tertiary/aromatic N) is 1. The molecule has 0 bridgehead atoms. The molecule has 2 N–H and O–H groups in total. The Morgan fingerprint density at radius 2 is 1.74 bits per heavy atom. The predicted octanol–water partition coefficient (Wildman–Crippen LogP) is 3.79. The molecular weight excluding hydrogens is 466 g/mol. The number of carbonyl (C=O) groups is 3. The van der Waals surface area contributed by atoms with Crippen molar-refractivity contribution >= 4 is 39.4 Å². The van der Waals surface area contributed by atoms with Gasteiger partial charge in [-0.1, -0.05) is 22.0 Å². The van der Waals surface area contributed by atoms with Crippen molar-refractivity contribution in [3.8, 4) is 11.6 Å². The summed E-state index contributed by atoms with van der Waals surface area (Å²) in [7, 11) is 1.24. The molecule has 0 unspecified atom stereocenters. The summed E-state index contributed by atoms with van der Waals surface area (Å²) in [6.07, 6.45) is 1.40. The molecule has 0 saturated heterocycles. The minimum absolute atomic E-state index is 0.244. The lowest BCUT2D eigenvalue weighted by molar-refractivity contribution is -0.139. The number of hydrogen-bond donors (Lipinski definition) is 2. The van der Waals surface area contributed by atoms with E-state index in [4.69, 9.17) is 4.74 Å². The van der Waals surface area contributed by atoms with E-state index in [1.807, 2.05) is 12.1 Å². The van der Waals surface area contributed by atoms with Crippen LogP contribution in [0.4, 0.5) is 5.69 Å². The van der Waals surface area contributed by atoms with Gasteiger partial charge in [-0.2, -0.15) is 0 Å². The number of carbonyl (C=O) groups excluding carboxylic acids is 3. The first-order chi connectivity index (χ1) is 14.9. The largest absolute Gasteiger partial charge is 0.468 e. The summed E-state index contributed by atoms with van der Waals surface area (Å²) < 4.78 is 11.1. The number of ether oxygens (including phenoxy) is 2. The van der Waals surface area contributed by atoms with E-state index < -0.39 is 17.8 Å². The van der Waals surface area contributed by atoms with Gasteiger partial charge in [0.05, 0.1) is 12.7 Å². The van der Waals surface area contributed by atoms with Crippen molar-refractivity contribution in [1.29, 1.82) is 0 Å². The summed E-state index contributed by atoms with van der Waals surface area (Å²) in [5.74, 6) is -0.441. The molecule has 0 fully saturated rings. The van der Waals surface area contributed by atoms with Crippen LogP contribution in [0.5, 0.6) is 11.6 Å². The van der Waals surface area contributed by atoms with Crippen LogP contribution in [0.15, 0.2) is 71.3 Å². The van der Waals surface area contributed by atoms with E-state index in [2.05, 4.69) is 36.3 Å². The molecule has 0 aliphatic carbocycles. The monoisotopic (exact) mass is 483 g/mol. The predicted molar refractivity (Wildman–Crippen MR) is 117 cm³/mol. The summed E-state index contributed by atoms with van der Waals surface area (Å²) in [5, 5.41) is 5.15. The Balaban J connectivity index is 1.61. The van der Waals surface area contributed by atoms with Crippen LogP contribution in [-0.4, -0.2) is 36.4 Å². The topological polar surface area (TPSA) is 107 Å². The standard InChI is InChI=1S/C22H18BrN3O5/c1-30-20(27)13-25-21(28)14-3-2-4-17(11-14)26-22(29)15-5-10-19(24-12-15)31-18-8-6-16(23)7-9-18/h2-12H,13H2,1H3,(H,25,28)(H,26,29). The number of pyridine rings is 1. The van der Waals surface area contributed by atoms with Crippen LogP contribution in [0.2, 0.25) is 0 Å². The molecule has 0 spiro atoms. The maximum absolute atomic E-state index is 12.5. The third kappa shape index (κ3) is 6.38. The molecule has 1 aromatic heterocycles. The van der Waals surface area contributed by atoms with E-state index in [1.165, 1.54) is 19.4 Å². The first kappa shape index (κ1) is 22.0. The molecule has 3 aromatic rings. The van der Waals surface area contributed by atoms with Crippen molar-refractivity contribution in [2.45, 2.75) is 0 Å². The van der Waals surface area contributed by atoms with Gasteiger partial charge in [0, 0.05) is 28.0 Å². The van der Waals surface area contributed by atoms with Crippen LogP contribution in [0.25, 0.3) is 0 Å². The van der Waals surface area contributed by atoms with Gasteiger partial charge >= 0.3 is 5.97 Å². The van der Waals surface area contributed by atoms with Crippen molar-refractivity contribution in [2.24, 2.45) is 0 Å². The molecule has 2 aromatic carbocycles. The third-order valence-electron chi connectivity index (χ3n) is 4.04. The van der Waals surface area contributed by atoms with E-state index >= 15 is 0 Å². The fourth-order valence-electron chi connectivity index (χ4n) is 2.47. The van der Waals surface area contributed by atoms with Gasteiger partial charge in [0.15, 0.2) is 0 Å². The molecule has 3 rings (SSSR count). The van der Waals surface area contributed by atoms with Crippen LogP contribution in [0.1, 0.15) is 20.7 Å². The van der Waals surface area contributed by atoms with Crippen molar-refractivity contribution < 1.29 is 23.9 Å². The van der Waals surface area contributed by atoms with E-state index in [1.54, 1.807) is 42.5 Å². The summed E-state index contributed by atoms with van der Waals surface area (Å²) in [6.45, 7) is -0.244. The fourth-order valence-corrected chi connectivity index (χ4v) is 2.73. The first-order valence-corrected chi connectivity index (χ1v) is 9.90. The minimum atomic E-state index is -0.558. The lowest BCUT2D eigenvalue weighted by atomic mass is 10.1. The van der Waals surface area contributed by atoms with Gasteiger partial charge in [-0.05, 0) is 48.5 Å². The fraction of sp³-hybridized carbons (Fsp3) is 0.0909. The van der Waals surface area contributed by atoms with Gasteiger partial charge < -0.3 is 20.1 Å². The minimum Gasteiger partial charge on any atom is -0.468 e. The maximum atomic E-state index is 12.5. The van der Waals surface area contributed by atoms with Crippen molar-refractivity contribution in [2.75, 3.05) is 19.0 Å². The lowest BCUT2D eigenvalue weighted by Gasteiger charge is -2.09. The first-order valence-electron chi connectivity index (χ1n) is 9.10. The second-order valence-corrected chi connectivity index (χ2v) is 7.15.